The smallest absolute Gasteiger partial charge is 0.165 e. The lowest BCUT2D eigenvalue weighted by atomic mass is 9.76. The van der Waals surface area contributed by atoms with Crippen LogP contribution in [0.5, 0.6) is 23.0 Å². The van der Waals surface area contributed by atoms with E-state index in [1.807, 2.05) is 36.4 Å². The van der Waals surface area contributed by atoms with E-state index < -0.39 is 0 Å². The molecular weight excluding hydrogens is 584 g/mol. The Kier molecular flexibility index (Phi) is 8.40. The SMILES string of the molecule is C=CCN1CCc2cccc3c2[C@H]1Cc1ccc(O)c(O)c1-3.C=CCN1CCc2cccc3c2[C@H]1Cc1ccc(O)c(O)c1-3.Cl. The number of halogens is 1. The van der Waals surface area contributed by atoms with Crippen molar-refractivity contribution in [2.75, 3.05) is 26.2 Å². The Morgan fingerprint density at radius 1 is 0.600 bits per heavy atom. The number of benzene rings is 4. The fourth-order valence-electron chi connectivity index (χ4n) is 7.92. The lowest BCUT2D eigenvalue weighted by molar-refractivity contribution is 0.203. The highest BCUT2D eigenvalue weighted by Gasteiger charge is 2.36. The largest absolute Gasteiger partial charge is 0.504 e. The average Bonchev–Trinajstić information content (AvgIpc) is 3.04. The molecule has 0 saturated heterocycles. The van der Waals surface area contributed by atoms with Gasteiger partial charge in [0.05, 0.1) is 0 Å². The standard InChI is InChI=1S/2C19H19NO2.ClH/c2*1-2-9-20-10-8-12-4-3-5-14-17(12)15(20)11-13-6-7-16(21)19(22)18(13)14;/h2*2-7,15,21-22H,1,8-11H2;1H/t2*15-;/m11./s1. The van der Waals surface area contributed by atoms with Gasteiger partial charge < -0.3 is 20.4 Å². The highest BCUT2D eigenvalue weighted by atomic mass is 35.5. The third-order valence-electron chi connectivity index (χ3n) is 9.86. The molecule has 7 heteroatoms. The van der Waals surface area contributed by atoms with E-state index >= 15 is 0 Å². The first kappa shape index (κ1) is 30.8. The third kappa shape index (κ3) is 5.07. The topological polar surface area (TPSA) is 87.4 Å². The summed E-state index contributed by atoms with van der Waals surface area (Å²) in [4.78, 5) is 4.90. The second-order valence-electron chi connectivity index (χ2n) is 12.2. The second kappa shape index (κ2) is 12.3. The molecule has 0 aromatic heterocycles. The number of nitrogens with zero attached hydrogens (tertiary/aromatic N) is 2. The molecular formula is C38H39ClN2O4. The fourth-order valence-corrected chi connectivity index (χ4v) is 7.92. The maximum atomic E-state index is 10.3. The molecule has 4 aromatic rings. The first-order valence-corrected chi connectivity index (χ1v) is 15.4. The van der Waals surface area contributed by atoms with Gasteiger partial charge in [-0.05, 0) is 82.3 Å². The fraction of sp³-hybridized carbons (Fsp3) is 0.263. The van der Waals surface area contributed by atoms with E-state index in [-0.39, 0.29) is 35.4 Å². The Morgan fingerprint density at radius 3 is 1.42 bits per heavy atom. The van der Waals surface area contributed by atoms with Crippen LogP contribution in [0.1, 0.15) is 45.5 Å². The van der Waals surface area contributed by atoms with Crippen molar-refractivity contribution in [3.63, 3.8) is 0 Å². The first-order valence-electron chi connectivity index (χ1n) is 15.4. The molecule has 0 radical (unpaired) electrons. The number of hydrogen-bond donors (Lipinski definition) is 4. The van der Waals surface area contributed by atoms with Crippen LogP contribution in [0.15, 0.2) is 86.0 Å². The van der Waals surface area contributed by atoms with Gasteiger partial charge in [0.2, 0.25) is 0 Å². The zero-order valence-corrected chi connectivity index (χ0v) is 26.1. The maximum Gasteiger partial charge on any atom is 0.165 e. The minimum absolute atomic E-state index is 0. The summed E-state index contributed by atoms with van der Waals surface area (Å²) in [6.07, 6.45) is 7.67. The molecule has 0 spiro atoms. The summed E-state index contributed by atoms with van der Waals surface area (Å²) in [6, 6.07) is 20.3. The summed E-state index contributed by atoms with van der Waals surface area (Å²) in [5, 5.41) is 40.4. The molecule has 232 valence electrons. The molecule has 0 saturated carbocycles. The Morgan fingerprint density at radius 2 is 1.02 bits per heavy atom. The number of fused-ring (bicyclic) bond motifs is 4. The van der Waals surface area contributed by atoms with Crippen molar-refractivity contribution in [3.05, 3.63) is 119 Å². The summed E-state index contributed by atoms with van der Waals surface area (Å²) in [5.41, 5.74) is 11.3. The summed E-state index contributed by atoms with van der Waals surface area (Å²) < 4.78 is 0. The average molecular weight is 623 g/mol. The van der Waals surface area contributed by atoms with Crippen molar-refractivity contribution in [2.45, 2.75) is 37.8 Å². The lowest BCUT2D eigenvalue weighted by Gasteiger charge is -2.41. The maximum absolute atomic E-state index is 10.3. The Bertz CT molecular complexity index is 1670. The van der Waals surface area contributed by atoms with Crippen LogP contribution in [0.3, 0.4) is 0 Å². The number of phenolic OH excluding ortho intramolecular Hbond substituents is 4. The van der Waals surface area contributed by atoms with Crippen molar-refractivity contribution in [2.24, 2.45) is 0 Å². The van der Waals surface area contributed by atoms with E-state index in [0.29, 0.717) is 12.1 Å². The highest BCUT2D eigenvalue weighted by Crippen LogP contribution is 2.51. The molecule has 0 unspecified atom stereocenters. The van der Waals surface area contributed by atoms with Crippen molar-refractivity contribution >= 4 is 12.4 Å². The summed E-state index contributed by atoms with van der Waals surface area (Å²) in [7, 11) is 0. The number of aromatic hydroxyl groups is 4. The zero-order chi connectivity index (χ0) is 30.5. The minimum atomic E-state index is -0.0476. The number of phenols is 4. The predicted octanol–water partition coefficient (Wildman–Crippen LogP) is 7.23. The van der Waals surface area contributed by atoms with Crippen LogP contribution in [-0.2, 0) is 25.7 Å². The van der Waals surface area contributed by atoms with Crippen LogP contribution >= 0.6 is 12.4 Å². The number of hydrogen-bond acceptors (Lipinski definition) is 6. The van der Waals surface area contributed by atoms with Gasteiger partial charge in [-0.2, -0.15) is 0 Å². The number of rotatable bonds is 4. The van der Waals surface area contributed by atoms with E-state index in [1.165, 1.54) is 22.3 Å². The van der Waals surface area contributed by atoms with Gasteiger partial charge in [0, 0.05) is 49.4 Å². The van der Waals surface area contributed by atoms with Crippen LogP contribution in [0.2, 0.25) is 0 Å². The molecule has 45 heavy (non-hydrogen) atoms. The molecule has 8 rings (SSSR count). The van der Waals surface area contributed by atoms with Crippen LogP contribution in [-0.4, -0.2) is 56.4 Å². The molecule has 0 amide bonds. The Labute approximate surface area is 270 Å². The Balaban J connectivity index is 0.000000155. The van der Waals surface area contributed by atoms with E-state index in [1.54, 1.807) is 12.1 Å². The lowest BCUT2D eigenvalue weighted by Crippen LogP contribution is -2.38. The molecule has 4 aliphatic rings. The first-order chi connectivity index (χ1) is 21.4. The predicted molar refractivity (Wildman–Crippen MR) is 182 cm³/mol. The van der Waals surface area contributed by atoms with Crippen LogP contribution < -0.4 is 0 Å². The van der Waals surface area contributed by atoms with E-state index in [2.05, 4.69) is 47.2 Å². The van der Waals surface area contributed by atoms with Crippen molar-refractivity contribution < 1.29 is 20.4 Å². The van der Waals surface area contributed by atoms with Crippen molar-refractivity contribution in [3.8, 4) is 45.3 Å². The molecule has 4 aromatic carbocycles. The van der Waals surface area contributed by atoms with Crippen molar-refractivity contribution in [1.82, 2.24) is 9.80 Å². The van der Waals surface area contributed by atoms with Crippen LogP contribution in [0, 0.1) is 0 Å². The van der Waals surface area contributed by atoms with Gasteiger partial charge in [0.25, 0.3) is 0 Å². The van der Waals surface area contributed by atoms with Crippen LogP contribution in [0.4, 0.5) is 0 Å². The quantitative estimate of drug-likeness (QED) is 0.142. The molecule has 4 N–H and O–H groups in total. The highest BCUT2D eigenvalue weighted by molar-refractivity contribution is 5.85. The molecule has 2 aliphatic heterocycles. The van der Waals surface area contributed by atoms with E-state index in [9.17, 15) is 20.4 Å². The van der Waals surface area contributed by atoms with Crippen molar-refractivity contribution in [1.29, 1.82) is 0 Å². The molecule has 0 bridgehead atoms. The molecule has 6 nitrogen and oxygen atoms in total. The summed E-state index contributed by atoms with van der Waals surface area (Å²) >= 11 is 0. The Hall–Kier alpha value is -4.23. The zero-order valence-electron chi connectivity index (χ0n) is 25.2. The van der Waals surface area contributed by atoms with Gasteiger partial charge in [0.15, 0.2) is 23.0 Å². The van der Waals surface area contributed by atoms with Gasteiger partial charge in [-0.3, -0.25) is 9.80 Å². The monoisotopic (exact) mass is 622 g/mol. The van der Waals surface area contributed by atoms with E-state index in [0.717, 1.165) is 85.2 Å². The van der Waals surface area contributed by atoms with Gasteiger partial charge >= 0.3 is 0 Å². The molecule has 0 fully saturated rings. The molecule has 2 atom stereocenters. The van der Waals surface area contributed by atoms with Gasteiger partial charge in [-0.1, -0.05) is 60.7 Å². The van der Waals surface area contributed by atoms with E-state index in [4.69, 9.17) is 0 Å². The van der Waals surface area contributed by atoms with Gasteiger partial charge in [-0.15, -0.1) is 25.6 Å². The normalized spacial score (nSPS) is 18.9. The van der Waals surface area contributed by atoms with Gasteiger partial charge in [-0.25, -0.2) is 0 Å². The van der Waals surface area contributed by atoms with Crippen LogP contribution in [0.25, 0.3) is 22.3 Å². The van der Waals surface area contributed by atoms with Gasteiger partial charge in [0.1, 0.15) is 0 Å². The minimum Gasteiger partial charge on any atom is -0.504 e. The molecule has 2 heterocycles. The summed E-state index contributed by atoms with van der Waals surface area (Å²) in [5.74, 6) is -0.0856. The third-order valence-corrected chi connectivity index (χ3v) is 9.86. The molecule has 2 aliphatic carbocycles. The second-order valence-corrected chi connectivity index (χ2v) is 12.2. The summed E-state index contributed by atoms with van der Waals surface area (Å²) in [6.45, 7) is 11.6.